The van der Waals surface area contributed by atoms with Gasteiger partial charge in [0.25, 0.3) is 0 Å². The summed E-state index contributed by atoms with van der Waals surface area (Å²) < 4.78 is 10.4. The molecule has 1 aliphatic rings. The van der Waals surface area contributed by atoms with E-state index in [1.54, 1.807) is 6.07 Å². The third-order valence-electron chi connectivity index (χ3n) is 3.13. The Morgan fingerprint density at radius 1 is 1.29 bits per heavy atom. The molecule has 1 aromatic carbocycles. The first-order chi connectivity index (χ1) is 8.34. The number of hydrogen-bond acceptors (Lipinski definition) is 4. The van der Waals surface area contributed by atoms with Gasteiger partial charge < -0.3 is 15.0 Å². The summed E-state index contributed by atoms with van der Waals surface area (Å²) in [5, 5.41) is 3.98. The first kappa shape index (κ1) is 10.4. The molecule has 2 N–H and O–H groups in total. The molecule has 1 saturated heterocycles. The molecule has 0 radical (unpaired) electrons. The number of benzene rings is 1. The molecular formula is C13H14N2O2. The van der Waals surface area contributed by atoms with Crippen molar-refractivity contribution in [2.24, 2.45) is 0 Å². The molecule has 1 fully saturated rings. The SMILES string of the molecule is Nc1cc(-c2ccccc2C2CCOC2)no1. The summed E-state index contributed by atoms with van der Waals surface area (Å²) in [6.45, 7) is 1.62. The molecule has 17 heavy (non-hydrogen) atoms. The molecule has 0 amide bonds. The Balaban J connectivity index is 2.03. The van der Waals surface area contributed by atoms with E-state index in [0.29, 0.717) is 11.8 Å². The minimum atomic E-state index is 0.345. The number of anilines is 1. The molecule has 4 heteroatoms. The summed E-state index contributed by atoms with van der Waals surface area (Å²) >= 11 is 0. The molecule has 0 bridgehead atoms. The molecule has 1 aliphatic heterocycles. The van der Waals surface area contributed by atoms with Crippen LogP contribution in [0.1, 0.15) is 17.9 Å². The smallest absolute Gasteiger partial charge is 0.222 e. The van der Waals surface area contributed by atoms with Crippen LogP contribution in [0.3, 0.4) is 0 Å². The number of ether oxygens (including phenoxy) is 1. The van der Waals surface area contributed by atoms with Gasteiger partial charge in [0.05, 0.1) is 6.61 Å². The largest absolute Gasteiger partial charge is 0.381 e. The molecule has 2 aromatic rings. The zero-order chi connectivity index (χ0) is 11.7. The minimum absolute atomic E-state index is 0.345. The van der Waals surface area contributed by atoms with Gasteiger partial charge in [-0.25, -0.2) is 0 Å². The molecule has 1 unspecified atom stereocenters. The van der Waals surface area contributed by atoms with Crippen LogP contribution in [0.5, 0.6) is 0 Å². The maximum Gasteiger partial charge on any atom is 0.222 e. The Labute approximate surface area is 99.4 Å². The van der Waals surface area contributed by atoms with E-state index in [2.05, 4.69) is 11.2 Å². The van der Waals surface area contributed by atoms with Crippen LogP contribution in [-0.4, -0.2) is 18.4 Å². The predicted molar refractivity (Wildman–Crippen MR) is 64.5 cm³/mol. The Morgan fingerprint density at radius 2 is 2.18 bits per heavy atom. The molecule has 0 aliphatic carbocycles. The molecule has 4 nitrogen and oxygen atoms in total. The van der Waals surface area contributed by atoms with Crippen molar-refractivity contribution >= 4 is 5.88 Å². The standard InChI is InChI=1S/C13H14N2O2/c14-13-7-12(15-17-13)11-4-2-1-3-10(11)9-5-6-16-8-9/h1-4,7,9H,5-6,8,14H2. The van der Waals surface area contributed by atoms with Crippen molar-refractivity contribution in [2.45, 2.75) is 12.3 Å². The molecule has 2 heterocycles. The van der Waals surface area contributed by atoms with Crippen LogP contribution < -0.4 is 5.73 Å². The van der Waals surface area contributed by atoms with Gasteiger partial charge in [0.15, 0.2) is 0 Å². The van der Waals surface area contributed by atoms with Crippen molar-refractivity contribution in [1.29, 1.82) is 0 Å². The van der Waals surface area contributed by atoms with Gasteiger partial charge in [-0.15, -0.1) is 0 Å². The van der Waals surface area contributed by atoms with Crippen LogP contribution in [0.2, 0.25) is 0 Å². The zero-order valence-corrected chi connectivity index (χ0v) is 9.43. The van der Waals surface area contributed by atoms with Crippen molar-refractivity contribution in [2.75, 3.05) is 18.9 Å². The number of nitrogens with zero attached hydrogens (tertiary/aromatic N) is 1. The Kier molecular flexibility index (Phi) is 2.57. The molecule has 88 valence electrons. The molecule has 0 spiro atoms. The average molecular weight is 230 g/mol. The normalized spacial score (nSPS) is 19.6. The fourth-order valence-electron chi connectivity index (χ4n) is 2.28. The van der Waals surface area contributed by atoms with Gasteiger partial charge in [0.2, 0.25) is 5.88 Å². The minimum Gasteiger partial charge on any atom is -0.381 e. The van der Waals surface area contributed by atoms with E-state index in [-0.39, 0.29) is 0 Å². The van der Waals surface area contributed by atoms with Crippen LogP contribution in [-0.2, 0) is 4.74 Å². The lowest BCUT2D eigenvalue weighted by Crippen LogP contribution is -2.00. The fraction of sp³-hybridized carbons (Fsp3) is 0.308. The summed E-state index contributed by atoms with van der Waals surface area (Å²) in [4.78, 5) is 0. The summed E-state index contributed by atoms with van der Waals surface area (Å²) in [6.07, 6.45) is 1.06. The first-order valence-electron chi connectivity index (χ1n) is 5.74. The van der Waals surface area contributed by atoms with Gasteiger partial charge in [-0.05, 0) is 12.0 Å². The van der Waals surface area contributed by atoms with Gasteiger partial charge in [-0.1, -0.05) is 29.4 Å². The van der Waals surface area contributed by atoms with Crippen LogP contribution in [0.25, 0.3) is 11.3 Å². The van der Waals surface area contributed by atoms with Crippen LogP contribution in [0.4, 0.5) is 5.88 Å². The monoisotopic (exact) mass is 230 g/mol. The number of hydrogen-bond donors (Lipinski definition) is 1. The van der Waals surface area contributed by atoms with E-state index in [0.717, 1.165) is 30.9 Å². The zero-order valence-electron chi connectivity index (χ0n) is 9.43. The number of aromatic nitrogens is 1. The lowest BCUT2D eigenvalue weighted by molar-refractivity contribution is 0.194. The maximum atomic E-state index is 5.57. The Morgan fingerprint density at radius 3 is 2.88 bits per heavy atom. The molecular weight excluding hydrogens is 216 g/mol. The first-order valence-corrected chi connectivity index (χ1v) is 5.74. The Bertz CT molecular complexity index is 516. The average Bonchev–Trinajstić information content (AvgIpc) is 3.00. The van der Waals surface area contributed by atoms with E-state index in [1.807, 2.05) is 18.2 Å². The van der Waals surface area contributed by atoms with Crippen LogP contribution in [0, 0.1) is 0 Å². The highest BCUT2D eigenvalue weighted by atomic mass is 16.5. The second-order valence-corrected chi connectivity index (χ2v) is 4.26. The van der Waals surface area contributed by atoms with Crippen molar-refractivity contribution in [3.8, 4) is 11.3 Å². The summed E-state index contributed by atoms with van der Waals surface area (Å²) in [7, 11) is 0. The maximum absolute atomic E-state index is 5.57. The molecule has 0 saturated carbocycles. The van der Waals surface area contributed by atoms with E-state index in [4.69, 9.17) is 15.0 Å². The molecule has 1 atom stereocenters. The van der Waals surface area contributed by atoms with Crippen LogP contribution >= 0.6 is 0 Å². The topological polar surface area (TPSA) is 61.3 Å². The fourth-order valence-corrected chi connectivity index (χ4v) is 2.28. The number of nitrogens with two attached hydrogens (primary N) is 1. The Hall–Kier alpha value is -1.81. The van der Waals surface area contributed by atoms with Crippen molar-refractivity contribution in [3.05, 3.63) is 35.9 Å². The summed E-state index contributed by atoms with van der Waals surface area (Å²) in [6, 6.07) is 9.97. The van der Waals surface area contributed by atoms with E-state index >= 15 is 0 Å². The van der Waals surface area contributed by atoms with E-state index in [9.17, 15) is 0 Å². The predicted octanol–water partition coefficient (Wildman–Crippen LogP) is 2.43. The van der Waals surface area contributed by atoms with E-state index in [1.165, 1.54) is 5.56 Å². The highest BCUT2D eigenvalue weighted by Gasteiger charge is 2.21. The third kappa shape index (κ3) is 1.91. The lowest BCUT2D eigenvalue weighted by atomic mass is 9.92. The number of rotatable bonds is 2. The highest BCUT2D eigenvalue weighted by molar-refractivity contribution is 5.66. The second kappa shape index (κ2) is 4.22. The van der Waals surface area contributed by atoms with Crippen LogP contribution in [0.15, 0.2) is 34.9 Å². The van der Waals surface area contributed by atoms with Crippen molar-refractivity contribution in [3.63, 3.8) is 0 Å². The van der Waals surface area contributed by atoms with Gasteiger partial charge in [-0.2, -0.15) is 0 Å². The quantitative estimate of drug-likeness (QED) is 0.860. The molecule has 3 rings (SSSR count). The van der Waals surface area contributed by atoms with Crippen molar-refractivity contribution in [1.82, 2.24) is 5.16 Å². The van der Waals surface area contributed by atoms with E-state index < -0.39 is 0 Å². The molecule has 1 aromatic heterocycles. The second-order valence-electron chi connectivity index (χ2n) is 4.26. The third-order valence-corrected chi connectivity index (χ3v) is 3.13. The summed E-state index contributed by atoms with van der Waals surface area (Å²) in [5.41, 5.74) is 8.71. The van der Waals surface area contributed by atoms with Gasteiger partial charge in [-0.3, -0.25) is 0 Å². The van der Waals surface area contributed by atoms with Gasteiger partial charge in [0, 0.05) is 24.2 Å². The van der Waals surface area contributed by atoms with Gasteiger partial charge in [0.1, 0.15) is 5.69 Å². The number of nitrogen functional groups attached to an aromatic ring is 1. The van der Waals surface area contributed by atoms with Crippen molar-refractivity contribution < 1.29 is 9.26 Å². The highest BCUT2D eigenvalue weighted by Crippen LogP contribution is 2.33. The lowest BCUT2D eigenvalue weighted by Gasteiger charge is -2.11. The summed E-state index contributed by atoms with van der Waals surface area (Å²) in [5.74, 6) is 0.793. The van der Waals surface area contributed by atoms with Gasteiger partial charge >= 0.3 is 0 Å².